The van der Waals surface area contributed by atoms with E-state index in [-0.39, 0.29) is 11.3 Å². The Morgan fingerprint density at radius 2 is 1.96 bits per heavy atom. The average Bonchev–Trinajstić information content (AvgIpc) is 2.86. The standard InChI is InChI=1S/C16H18ClN3O3S/c1-8(2)6-13-18-9(3)14(24-13)16(23)20-19-15(22)11-7-10(17)4-5-12(11)21/h4-5,7-8,21H,6H2,1-3H3,(H,19,22)(H,20,23). The zero-order valence-electron chi connectivity index (χ0n) is 13.5. The zero-order chi connectivity index (χ0) is 17.9. The topological polar surface area (TPSA) is 91.3 Å². The van der Waals surface area contributed by atoms with Crippen LogP contribution >= 0.6 is 22.9 Å². The Morgan fingerprint density at radius 3 is 2.62 bits per heavy atom. The van der Waals surface area contributed by atoms with Crippen molar-refractivity contribution in [2.24, 2.45) is 5.92 Å². The number of carbonyl (C=O) groups excluding carboxylic acids is 2. The van der Waals surface area contributed by atoms with E-state index in [1.165, 1.54) is 29.5 Å². The largest absolute Gasteiger partial charge is 0.507 e. The van der Waals surface area contributed by atoms with Gasteiger partial charge in [-0.15, -0.1) is 11.3 Å². The molecule has 24 heavy (non-hydrogen) atoms. The quantitative estimate of drug-likeness (QED) is 0.724. The number of hydrogen-bond acceptors (Lipinski definition) is 5. The van der Waals surface area contributed by atoms with Gasteiger partial charge in [0.05, 0.1) is 16.3 Å². The molecule has 0 saturated carbocycles. The average molecular weight is 368 g/mol. The molecule has 0 aliphatic rings. The van der Waals surface area contributed by atoms with Crippen LogP contribution in [0.1, 0.15) is 44.6 Å². The van der Waals surface area contributed by atoms with E-state index in [1.807, 2.05) is 0 Å². The van der Waals surface area contributed by atoms with Gasteiger partial charge < -0.3 is 5.11 Å². The van der Waals surface area contributed by atoms with Crippen molar-refractivity contribution in [1.82, 2.24) is 15.8 Å². The van der Waals surface area contributed by atoms with Crippen LogP contribution < -0.4 is 10.9 Å². The second-order valence-electron chi connectivity index (χ2n) is 5.69. The van der Waals surface area contributed by atoms with Gasteiger partial charge in [-0.05, 0) is 31.0 Å². The van der Waals surface area contributed by atoms with Gasteiger partial charge in [0.2, 0.25) is 0 Å². The summed E-state index contributed by atoms with van der Waals surface area (Å²) in [5, 5.41) is 10.9. The molecule has 0 saturated heterocycles. The Kier molecular flexibility index (Phi) is 5.80. The molecule has 128 valence electrons. The van der Waals surface area contributed by atoms with E-state index < -0.39 is 11.8 Å². The van der Waals surface area contributed by atoms with Crippen molar-refractivity contribution in [3.63, 3.8) is 0 Å². The molecule has 1 aromatic carbocycles. The number of aromatic hydroxyl groups is 1. The Labute approximate surface area is 148 Å². The van der Waals surface area contributed by atoms with Gasteiger partial charge in [0, 0.05) is 11.4 Å². The van der Waals surface area contributed by atoms with Crippen LogP contribution in [0.3, 0.4) is 0 Å². The molecule has 0 bridgehead atoms. The maximum atomic E-state index is 12.2. The highest BCUT2D eigenvalue weighted by Crippen LogP contribution is 2.22. The first-order valence-corrected chi connectivity index (χ1v) is 8.53. The Balaban J connectivity index is 2.04. The lowest BCUT2D eigenvalue weighted by Gasteiger charge is -2.08. The number of aromatic nitrogens is 1. The summed E-state index contributed by atoms with van der Waals surface area (Å²) in [5.74, 6) is -0.890. The minimum absolute atomic E-state index is 0.0238. The molecule has 0 aliphatic heterocycles. The van der Waals surface area contributed by atoms with E-state index >= 15 is 0 Å². The highest BCUT2D eigenvalue weighted by atomic mass is 35.5. The van der Waals surface area contributed by atoms with Crippen LogP contribution in [0, 0.1) is 12.8 Å². The van der Waals surface area contributed by atoms with Crippen LogP contribution in [0.2, 0.25) is 5.02 Å². The van der Waals surface area contributed by atoms with Gasteiger partial charge in [0.15, 0.2) is 0 Å². The molecule has 0 atom stereocenters. The number of thiazole rings is 1. The second kappa shape index (κ2) is 7.63. The molecule has 2 aromatic rings. The molecule has 0 unspecified atom stereocenters. The summed E-state index contributed by atoms with van der Waals surface area (Å²) < 4.78 is 0. The lowest BCUT2D eigenvalue weighted by Crippen LogP contribution is -2.41. The predicted molar refractivity (Wildman–Crippen MR) is 93.4 cm³/mol. The van der Waals surface area contributed by atoms with Gasteiger partial charge in [0.25, 0.3) is 11.8 Å². The molecule has 2 amide bonds. The monoisotopic (exact) mass is 367 g/mol. The van der Waals surface area contributed by atoms with Crippen LogP contribution in [-0.2, 0) is 6.42 Å². The number of phenolic OH excluding ortho intramolecular Hbond substituents is 1. The number of carbonyl (C=O) groups is 2. The number of halogens is 1. The molecule has 1 heterocycles. The third-order valence-corrected chi connectivity index (χ3v) is 4.54. The lowest BCUT2D eigenvalue weighted by molar-refractivity contribution is 0.0846. The summed E-state index contributed by atoms with van der Waals surface area (Å²) in [6.07, 6.45) is 0.793. The number of benzene rings is 1. The maximum Gasteiger partial charge on any atom is 0.281 e. The minimum Gasteiger partial charge on any atom is -0.507 e. The molecule has 2 rings (SSSR count). The third kappa shape index (κ3) is 4.46. The van der Waals surface area contributed by atoms with Crippen molar-refractivity contribution < 1.29 is 14.7 Å². The first-order valence-electron chi connectivity index (χ1n) is 7.33. The molecule has 0 fully saturated rings. The number of phenols is 1. The number of nitrogens with zero attached hydrogens (tertiary/aromatic N) is 1. The fourth-order valence-corrected chi connectivity index (χ4v) is 3.37. The number of amides is 2. The highest BCUT2D eigenvalue weighted by Gasteiger charge is 2.18. The molecule has 0 aliphatic carbocycles. The first-order chi connectivity index (χ1) is 11.3. The molecular weight excluding hydrogens is 350 g/mol. The van der Waals surface area contributed by atoms with Gasteiger partial charge in [-0.1, -0.05) is 25.4 Å². The van der Waals surface area contributed by atoms with Crippen LogP contribution in [0.5, 0.6) is 5.75 Å². The number of hydrogen-bond donors (Lipinski definition) is 3. The lowest BCUT2D eigenvalue weighted by atomic mass is 10.1. The summed E-state index contributed by atoms with van der Waals surface area (Å²) in [5.41, 5.74) is 5.19. The minimum atomic E-state index is -0.659. The van der Waals surface area contributed by atoms with Gasteiger partial charge in [-0.25, -0.2) is 4.98 Å². The van der Waals surface area contributed by atoms with Crippen LogP contribution in [-0.4, -0.2) is 21.9 Å². The normalized spacial score (nSPS) is 10.7. The molecule has 6 nitrogen and oxygen atoms in total. The van der Waals surface area contributed by atoms with Crippen molar-refractivity contribution in [3.8, 4) is 5.75 Å². The van der Waals surface area contributed by atoms with Gasteiger partial charge in [-0.2, -0.15) is 0 Å². The number of nitrogens with one attached hydrogen (secondary N) is 2. The molecular formula is C16H18ClN3O3S. The number of aryl methyl sites for hydroxylation is 1. The zero-order valence-corrected chi connectivity index (χ0v) is 15.1. The first kappa shape index (κ1) is 18.2. The van der Waals surface area contributed by atoms with Crippen LogP contribution in [0.15, 0.2) is 18.2 Å². The SMILES string of the molecule is Cc1nc(CC(C)C)sc1C(=O)NNC(=O)c1cc(Cl)ccc1O. The van der Waals surface area contributed by atoms with Gasteiger partial charge in [-0.3, -0.25) is 20.4 Å². The molecule has 0 radical (unpaired) electrons. The molecule has 3 N–H and O–H groups in total. The van der Waals surface area contributed by atoms with Crippen molar-refractivity contribution in [2.75, 3.05) is 0 Å². The third-order valence-electron chi connectivity index (χ3n) is 3.12. The Bertz CT molecular complexity index is 774. The highest BCUT2D eigenvalue weighted by molar-refractivity contribution is 7.13. The fourth-order valence-electron chi connectivity index (χ4n) is 2.03. The maximum absolute atomic E-state index is 12.2. The van der Waals surface area contributed by atoms with Crippen molar-refractivity contribution >= 4 is 34.8 Å². The second-order valence-corrected chi connectivity index (χ2v) is 7.21. The molecule has 8 heteroatoms. The summed E-state index contributed by atoms with van der Waals surface area (Å²) in [7, 11) is 0. The predicted octanol–water partition coefficient (Wildman–Crippen LogP) is 3.08. The van der Waals surface area contributed by atoms with E-state index in [0.717, 1.165) is 11.4 Å². The number of hydrazine groups is 1. The summed E-state index contributed by atoms with van der Waals surface area (Å²) in [6, 6.07) is 4.09. The van der Waals surface area contributed by atoms with Crippen molar-refractivity contribution in [1.29, 1.82) is 0 Å². The summed E-state index contributed by atoms with van der Waals surface area (Å²) >= 11 is 7.10. The Hall–Kier alpha value is -2.12. The smallest absolute Gasteiger partial charge is 0.281 e. The van der Waals surface area contributed by atoms with Crippen LogP contribution in [0.25, 0.3) is 0 Å². The van der Waals surface area contributed by atoms with E-state index in [9.17, 15) is 14.7 Å². The van der Waals surface area contributed by atoms with Gasteiger partial charge >= 0.3 is 0 Å². The molecule has 0 spiro atoms. The van der Waals surface area contributed by atoms with Crippen molar-refractivity contribution in [2.45, 2.75) is 27.2 Å². The number of rotatable bonds is 4. The summed E-state index contributed by atoms with van der Waals surface area (Å²) in [4.78, 5) is 29.1. The van der Waals surface area contributed by atoms with Crippen LogP contribution in [0.4, 0.5) is 0 Å². The van der Waals surface area contributed by atoms with E-state index in [4.69, 9.17) is 11.6 Å². The van der Waals surface area contributed by atoms with Gasteiger partial charge in [0.1, 0.15) is 10.6 Å². The Morgan fingerprint density at radius 1 is 1.29 bits per heavy atom. The van der Waals surface area contributed by atoms with E-state index in [2.05, 4.69) is 29.7 Å². The van der Waals surface area contributed by atoms with Crippen molar-refractivity contribution in [3.05, 3.63) is 44.4 Å². The van der Waals surface area contributed by atoms with E-state index in [0.29, 0.717) is 21.5 Å². The van der Waals surface area contributed by atoms with E-state index in [1.54, 1.807) is 6.92 Å². The summed E-state index contributed by atoms with van der Waals surface area (Å²) in [6.45, 7) is 5.90. The fraction of sp³-hybridized carbons (Fsp3) is 0.312. The molecule has 1 aromatic heterocycles.